The van der Waals surface area contributed by atoms with Crippen LogP contribution >= 0.6 is 0 Å². The molecule has 1 aliphatic rings. The zero-order chi connectivity index (χ0) is 25.1. The molecule has 0 aromatic heterocycles. The van der Waals surface area contributed by atoms with Crippen LogP contribution < -0.4 is 0 Å². The number of amides is 1. The molecule has 1 amide bonds. The average molecular weight is 482 g/mol. The van der Waals surface area contributed by atoms with Crippen LogP contribution in [0.25, 0.3) is 0 Å². The second-order valence-corrected chi connectivity index (χ2v) is 11.4. The van der Waals surface area contributed by atoms with Gasteiger partial charge in [-0.3, -0.25) is 4.90 Å². The molecule has 0 unspecified atom stereocenters. The lowest BCUT2D eigenvalue weighted by molar-refractivity contribution is 0.0138. The summed E-state index contributed by atoms with van der Waals surface area (Å²) in [6.45, 7) is 18.7. The zero-order valence-corrected chi connectivity index (χ0v) is 23.7. The molecule has 0 bridgehead atoms. The highest BCUT2D eigenvalue weighted by Gasteiger charge is 2.25. The highest BCUT2D eigenvalue weighted by atomic mass is 16.6. The number of carbonyl (C=O) groups is 1. The van der Waals surface area contributed by atoms with Crippen molar-refractivity contribution in [2.24, 2.45) is 0 Å². The molecule has 0 saturated carbocycles. The van der Waals surface area contributed by atoms with Gasteiger partial charge in [0.1, 0.15) is 5.60 Å². The zero-order valence-electron chi connectivity index (χ0n) is 23.7. The maximum atomic E-state index is 12.3. The number of unbranched alkanes of at least 4 members (excludes halogenated alkanes) is 12. The number of rotatable bonds is 19. The lowest BCUT2D eigenvalue weighted by Crippen LogP contribution is -2.51. The topological polar surface area (TPSA) is 36.0 Å². The van der Waals surface area contributed by atoms with E-state index in [-0.39, 0.29) is 6.09 Å². The molecule has 0 spiro atoms. The van der Waals surface area contributed by atoms with E-state index >= 15 is 0 Å². The fourth-order valence-corrected chi connectivity index (χ4v) is 4.68. The first-order valence-electron chi connectivity index (χ1n) is 14.8. The van der Waals surface area contributed by atoms with Gasteiger partial charge in [0.2, 0.25) is 0 Å². The third-order valence-electron chi connectivity index (χ3n) is 6.91. The number of hydrogen-bond donors (Lipinski definition) is 0. The van der Waals surface area contributed by atoms with E-state index < -0.39 is 5.60 Å². The molecule has 1 saturated heterocycles. The summed E-state index contributed by atoms with van der Waals surface area (Å²) >= 11 is 0. The molecular weight excluding hydrogens is 422 g/mol. The molecule has 1 rings (SSSR count). The molecule has 0 aliphatic carbocycles. The second kappa shape index (κ2) is 19.4. The number of nitrogens with zero attached hydrogens (tertiary/aromatic N) is 3. The van der Waals surface area contributed by atoms with Crippen molar-refractivity contribution in [3.8, 4) is 0 Å². The lowest BCUT2D eigenvalue weighted by atomic mass is 10.1. The Hall–Kier alpha value is -0.810. The van der Waals surface area contributed by atoms with Crippen LogP contribution in [0, 0.1) is 0 Å². The first-order valence-corrected chi connectivity index (χ1v) is 14.8. The van der Waals surface area contributed by atoms with E-state index in [1.165, 1.54) is 103 Å². The minimum absolute atomic E-state index is 0.161. The highest BCUT2D eigenvalue weighted by molar-refractivity contribution is 5.68. The van der Waals surface area contributed by atoms with Crippen LogP contribution in [-0.4, -0.2) is 78.8 Å². The predicted octanol–water partition coefficient (Wildman–Crippen LogP) is 7.34. The van der Waals surface area contributed by atoms with Crippen molar-refractivity contribution in [3.63, 3.8) is 0 Å². The Morgan fingerprint density at radius 1 is 0.676 bits per heavy atom. The summed E-state index contributed by atoms with van der Waals surface area (Å²) in [7, 11) is 0. The minimum Gasteiger partial charge on any atom is -0.444 e. The highest BCUT2D eigenvalue weighted by Crippen LogP contribution is 2.13. The molecular formula is C29H59N3O2. The maximum absolute atomic E-state index is 12.3. The normalized spacial score (nSPS) is 15.3. The summed E-state index contributed by atoms with van der Waals surface area (Å²) in [5.74, 6) is 0. The average Bonchev–Trinajstić information content (AvgIpc) is 2.80. The first kappa shape index (κ1) is 31.2. The van der Waals surface area contributed by atoms with Crippen molar-refractivity contribution in [2.75, 3.05) is 52.4 Å². The maximum Gasteiger partial charge on any atom is 0.410 e. The fourth-order valence-electron chi connectivity index (χ4n) is 4.68. The Morgan fingerprint density at radius 3 is 1.56 bits per heavy atom. The molecule has 5 heteroatoms. The summed E-state index contributed by atoms with van der Waals surface area (Å²) in [5.41, 5.74) is -0.416. The Labute approximate surface area is 213 Å². The van der Waals surface area contributed by atoms with E-state index in [1.54, 1.807) is 0 Å². The van der Waals surface area contributed by atoms with Gasteiger partial charge in [-0.15, -0.1) is 0 Å². The third kappa shape index (κ3) is 16.8. The van der Waals surface area contributed by atoms with Gasteiger partial charge in [-0.05, 0) is 46.7 Å². The molecule has 5 nitrogen and oxygen atoms in total. The Bertz CT molecular complexity index is 466. The molecule has 0 aromatic carbocycles. The van der Waals surface area contributed by atoms with Gasteiger partial charge >= 0.3 is 6.09 Å². The van der Waals surface area contributed by atoms with Gasteiger partial charge in [0.05, 0.1) is 0 Å². The lowest BCUT2D eigenvalue weighted by Gasteiger charge is -2.36. The summed E-state index contributed by atoms with van der Waals surface area (Å²) in [5, 5.41) is 0. The van der Waals surface area contributed by atoms with E-state index in [0.29, 0.717) is 0 Å². The Morgan fingerprint density at radius 2 is 1.12 bits per heavy atom. The number of piperazine rings is 1. The van der Waals surface area contributed by atoms with Gasteiger partial charge in [0, 0.05) is 39.3 Å². The minimum atomic E-state index is -0.416. The summed E-state index contributed by atoms with van der Waals surface area (Å²) in [6, 6.07) is 0. The quantitative estimate of drug-likeness (QED) is 0.181. The number of carbonyl (C=O) groups excluding carboxylic acids is 1. The number of hydrogen-bond acceptors (Lipinski definition) is 4. The van der Waals surface area contributed by atoms with Gasteiger partial charge in [0.15, 0.2) is 0 Å². The largest absolute Gasteiger partial charge is 0.444 e. The van der Waals surface area contributed by atoms with Gasteiger partial charge in [-0.25, -0.2) is 4.79 Å². The predicted molar refractivity (Wildman–Crippen MR) is 147 cm³/mol. The summed E-state index contributed by atoms with van der Waals surface area (Å²) in [6.07, 6.45) is 19.2. The van der Waals surface area contributed by atoms with Crippen LogP contribution in [0.15, 0.2) is 0 Å². The summed E-state index contributed by atoms with van der Waals surface area (Å²) in [4.78, 5) is 19.4. The second-order valence-electron chi connectivity index (χ2n) is 11.4. The molecule has 1 heterocycles. The summed E-state index contributed by atoms with van der Waals surface area (Å²) < 4.78 is 5.54. The van der Waals surface area contributed by atoms with Crippen LogP contribution in [0.1, 0.15) is 125 Å². The molecule has 0 radical (unpaired) electrons. The number of ether oxygens (including phenoxy) is 1. The molecule has 202 valence electrons. The van der Waals surface area contributed by atoms with Crippen LogP contribution in [0.3, 0.4) is 0 Å². The van der Waals surface area contributed by atoms with E-state index in [2.05, 4.69) is 23.6 Å². The molecule has 0 atom stereocenters. The van der Waals surface area contributed by atoms with Crippen molar-refractivity contribution in [3.05, 3.63) is 0 Å². The van der Waals surface area contributed by atoms with Gasteiger partial charge in [-0.2, -0.15) is 0 Å². The molecule has 1 fully saturated rings. The van der Waals surface area contributed by atoms with Crippen LogP contribution in [-0.2, 0) is 4.74 Å². The smallest absolute Gasteiger partial charge is 0.410 e. The standard InChI is InChI=1S/C29H59N3O2/c1-6-8-10-12-14-16-18-20-30(21-19-17-15-13-11-9-7-2)22-23-31-24-26-32(27-25-31)28(33)34-29(3,4)5/h6-27H2,1-5H3. The molecule has 34 heavy (non-hydrogen) atoms. The molecule has 0 aromatic rings. The monoisotopic (exact) mass is 481 g/mol. The van der Waals surface area contributed by atoms with E-state index in [9.17, 15) is 4.79 Å². The van der Waals surface area contributed by atoms with Gasteiger partial charge in [0.25, 0.3) is 0 Å². The van der Waals surface area contributed by atoms with Gasteiger partial charge < -0.3 is 14.5 Å². The molecule has 0 N–H and O–H groups in total. The van der Waals surface area contributed by atoms with E-state index in [0.717, 1.165) is 39.3 Å². The Balaban J connectivity index is 2.31. The van der Waals surface area contributed by atoms with Crippen molar-refractivity contribution < 1.29 is 9.53 Å². The fraction of sp³-hybridized carbons (Fsp3) is 0.966. The van der Waals surface area contributed by atoms with Crippen LogP contribution in [0.2, 0.25) is 0 Å². The van der Waals surface area contributed by atoms with Crippen molar-refractivity contribution in [1.29, 1.82) is 0 Å². The van der Waals surface area contributed by atoms with Crippen molar-refractivity contribution in [2.45, 2.75) is 130 Å². The third-order valence-corrected chi connectivity index (χ3v) is 6.91. The van der Waals surface area contributed by atoms with Crippen molar-refractivity contribution >= 4 is 6.09 Å². The first-order chi connectivity index (χ1) is 16.4. The van der Waals surface area contributed by atoms with Gasteiger partial charge in [-0.1, -0.05) is 90.9 Å². The van der Waals surface area contributed by atoms with E-state index in [4.69, 9.17) is 4.74 Å². The Kier molecular flexibility index (Phi) is 17.8. The van der Waals surface area contributed by atoms with Crippen LogP contribution in [0.5, 0.6) is 0 Å². The SMILES string of the molecule is CCCCCCCCCN(CCCCCCCCC)CCN1CCN(C(=O)OC(C)(C)C)CC1. The van der Waals surface area contributed by atoms with Crippen molar-refractivity contribution in [1.82, 2.24) is 14.7 Å². The molecule has 1 aliphatic heterocycles. The van der Waals surface area contributed by atoms with Crippen LogP contribution in [0.4, 0.5) is 4.79 Å². The van der Waals surface area contributed by atoms with E-state index in [1.807, 2.05) is 25.7 Å².